The van der Waals surface area contributed by atoms with Crippen LogP contribution in [0.1, 0.15) is 50.6 Å². The highest BCUT2D eigenvalue weighted by molar-refractivity contribution is 6.08. The standard InChI is InChI=1S/C22H29N9O/c1-15-13-18(28-27-15)25-20-17-3-2-11-31(17)29-21(26-20)30-12-9-22(14-30)7-4-16(5-8-22)24-19(32)6-10-23/h3,13,16H,2,4-9,11-12,14H2,1H3,(H,24,32)(H2,25,26,27,28,29). The van der Waals surface area contributed by atoms with Gasteiger partial charge in [-0.3, -0.25) is 20.3 Å². The lowest BCUT2D eigenvalue weighted by molar-refractivity contribution is -0.121. The Labute approximate surface area is 187 Å². The van der Waals surface area contributed by atoms with Crippen molar-refractivity contribution in [2.75, 3.05) is 19.6 Å². The Morgan fingerprint density at radius 2 is 2.22 bits per heavy atom. The van der Waals surface area contributed by atoms with Gasteiger partial charge in [0.25, 0.3) is 0 Å². The van der Waals surface area contributed by atoms with Gasteiger partial charge in [-0.1, -0.05) is 6.08 Å². The first kappa shape index (κ1) is 20.5. The maximum absolute atomic E-state index is 11.7. The van der Waals surface area contributed by atoms with E-state index in [1.165, 1.54) is 0 Å². The summed E-state index contributed by atoms with van der Waals surface area (Å²) < 4.78 is 0. The summed E-state index contributed by atoms with van der Waals surface area (Å²) in [7, 11) is 0. The molecule has 1 saturated carbocycles. The van der Waals surface area contributed by atoms with Crippen molar-refractivity contribution in [3.63, 3.8) is 0 Å². The van der Waals surface area contributed by atoms with Crippen LogP contribution in [-0.4, -0.2) is 63.5 Å². The Hall–Kier alpha value is -3.35. The van der Waals surface area contributed by atoms with E-state index in [0.29, 0.717) is 11.7 Å². The zero-order chi connectivity index (χ0) is 22.1. The molecule has 0 bridgehead atoms. The van der Waals surface area contributed by atoms with Crippen molar-refractivity contribution in [1.29, 1.82) is 5.26 Å². The van der Waals surface area contributed by atoms with Crippen LogP contribution >= 0.6 is 0 Å². The van der Waals surface area contributed by atoms with E-state index in [1.54, 1.807) is 0 Å². The number of hydrogen-bond donors (Lipinski definition) is 3. The number of guanidine groups is 1. The van der Waals surface area contributed by atoms with Crippen LogP contribution in [-0.2, 0) is 4.79 Å². The number of carbonyl (C=O) groups excluding carboxylic acids is 1. The molecule has 1 spiro atoms. The zero-order valence-corrected chi connectivity index (χ0v) is 18.4. The number of H-pyrrole nitrogens is 1. The zero-order valence-electron chi connectivity index (χ0n) is 18.4. The molecule has 3 aliphatic heterocycles. The van der Waals surface area contributed by atoms with Gasteiger partial charge in [-0.05, 0) is 50.9 Å². The number of amides is 1. The number of carbonyl (C=O) groups is 1. The first-order valence-corrected chi connectivity index (χ1v) is 11.4. The fraction of sp³-hybridized carbons (Fsp3) is 0.591. The molecule has 0 atom stereocenters. The topological polar surface area (TPSA) is 125 Å². The molecule has 10 nitrogen and oxygen atoms in total. The van der Waals surface area contributed by atoms with Crippen molar-refractivity contribution in [2.24, 2.45) is 15.4 Å². The molecule has 10 heteroatoms. The average molecular weight is 436 g/mol. The number of nitrogens with one attached hydrogen (secondary N) is 3. The Balaban J connectivity index is 1.27. The normalized spacial score (nSPS) is 28.2. The van der Waals surface area contributed by atoms with Gasteiger partial charge in [0.2, 0.25) is 11.9 Å². The van der Waals surface area contributed by atoms with Gasteiger partial charge in [0.1, 0.15) is 6.42 Å². The van der Waals surface area contributed by atoms with Crippen molar-refractivity contribution in [3.8, 4) is 6.07 Å². The summed E-state index contributed by atoms with van der Waals surface area (Å²) in [6.45, 7) is 4.77. The largest absolute Gasteiger partial charge is 0.352 e. The summed E-state index contributed by atoms with van der Waals surface area (Å²) >= 11 is 0. The van der Waals surface area contributed by atoms with Crippen LogP contribution in [0, 0.1) is 23.7 Å². The summed E-state index contributed by atoms with van der Waals surface area (Å²) in [6, 6.07) is 4.03. The molecule has 3 N–H and O–H groups in total. The lowest BCUT2D eigenvalue weighted by Gasteiger charge is -2.38. The molecule has 0 unspecified atom stereocenters. The van der Waals surface area contributed by atoms with E-state index in [4.69, 9.17) is 15.2 Å². The van der Waals surface area contributed by atoms with Crippen LogP contribution in [0.25, 0.3) is 0 Å². The Bertz CT molecular complexity index is 1020. The van der Waals surface area contributed by atoms with Crippen molar-refractivity contribution in [3.05, 3.63) is 23.5 Å². The Morgan fingerprint density at radius 3 is 2.97 bits per heavy atom. The molecule has 5 rings (SSSR count). The van der Waals surface area contributed by atoms with Gasteiger partial charge < -0.3 is 10.2 Å². The molecule has 1 aliphatic carbocycles. The Morgan fingerprint density at radius 1 is 1.38 bits per heavy atom. The van der Waals surface area contributed by atoms with Gasteiger partial charge in [-0.2, -0.15) is 15.4 Å². The monoisotopic (exact) mass is 435 g/mol. The van der Waals surface area contributed by atoms with E-state index in [2.05, 4.69) is 36.9 Å². The molecule has 168 valence electrons. The number of aromatic nitrogens is 2. The molecule has 4 aliphatic rings. The number of aryl methyl sites for hydroxylation is 1. The molecule has 0 radical (unpaired) electrons. The summed E-state index contributed by atoms with van der Waals surface area (Å²) in [6.07, 6.45) is 8.29. The molecule has 1 aromatic heterocycles. The smallest absolute Gasteiger partial charge is 0.234 e. The molecule has 2 fully saturated rings. The van der Waals surface area contributed by atoms with E-state index < -0.39 is 0 Å². The summed E-state index contributed by atoms with van der Waals surface area (Å²) in [4.78, 5) is 23.7. The number of aliphatic imine (C=N–C) groups is 2. The number of aromatic amines is 1. The van der Waals surface area contributed by atoms with E-state index in [0.717, 1.165) is 75.5 Å². The van der Waals surface area contributed by atoms with Gasteiger partial charge in [0.15, 0.2) is 11.7 Å². The third-order valence-corrected chi connectivity index (χ3v) is 6.96. The van der Waals surface area contributed by atoms with Gasteiger partial charge in [-0.15, -0.1) is 0 Å². The van der Waals surface area contributed by atoms with Crippen LogP contribution in [0.3, 0.4) is 0 Å². The summed E-state index contributed by atoms with van der Waals surface area (Å²) in [5.41, 5.74) is 5.74. The van der Waals surface area contributed by atoms with Crippen LogP contribution in [0.2, 0.25) is 0 Å². The van der Waals surface area contributed by atoms with Crippen LogP contribution in [0.5, 0.6) is 0 Å². The van der Waals surface area contributed by atoms with E-state index >= 15 is 0 Å². The number of likely N-dealkylation sites (tertiary alicyclic amines) is 1. The average Bonchev–Trinajstić information content (AvgIpc) is 3.51. The van der Waals surface area contributed by atoms with Crippen LogP contribution in [0.15, 0.2) is 27.8 Å². The van der Waals surface area contributed by atoms with Crippen LogP contribution in [0.4, 0.5) is 5.82 Å². The van der Waals surface area contributed by atoms with E-state index in [9.17, 15) is 4.79 Å². The molecule has 1 aromatic rings. The Kier molecular flexibility index (Phi) is 5.33. The SMILES string of the molecule is Cc1cc(N=C2N=C(N3CCC4(CCC(NC(=O)CC#N)CC4)C3)NN3CCC=C23)n[nH]1. The fourth-order valence-corrected chi connectivity index (χ4v) is 5.23. The molecule has 32 heavy (non-hydrogen) atoms. The highest BCUT2D eigenvalue weighted by atomic mass is 16.1. The number of hydrogen-bond acceptors (Lipinski definition) is 7. The molecule has 1 saturated heterocycles. The minimum absolute atomic E-state index is 0.0599. The number of nitriles is 1. The maximum Gasteiger partial charge on any atom is 0.234 e. The quantitative estimate of drug-likeness (QED) is 0.666. The van der Waals surface area contributed by atoms with Crippen molar-refractivity contribution >= 4 is 23.5 Å². The molecular formula is C22H29N9O. The van der Waals surface area contributed by atoms with E-state index in [1.807, 2.05) is 19.1 Å². The highest BCUT2D eigenvalue weighted by Crippen LogP contribution is 2.44. The number of rotatable bonds is 3. The minimum atomic E-state index is -0.157. The minimum Gasteiger partial charge on any atom is -0.352 e. The number of amidine groups is 1. The van der Waals surface area contributed by atoms with Crippen molar-refractivity contribution in [2.45, 2.75) is 57.9 Å². The first-order chi connectivity index (χ1) is 15.5. The second kappa shape index (κ2) is 8.30. The predicted octanol–water partition coefficient (Wildman–Crippen LogP) is 1.88. The number of nitrogens with zero attached hydrogens (tertiary/aromatic N) is 6. The van der Waals surface area contributed by atoms with Gasteiger partial charge in [0.05, 0.1) is 11.8 Å². The van der Waals surface area contributed by atoms with Crippen molar-refractivity contribution < 1.29 is 4.79 Å². The lowest BCUT2D eigenvalue weighted by atomic mass is 9.72. The van der Waals surface area contributed by atoms with Crippen LogP contribution < -0.4 is 10.7 Å². The third kappa shape index (κ3) is 4.07. The second-order valence-corrected chi connectivity index (χ2v) is 9.27. The highest BCUT2D eigenvalue weighted by Gasteiger charge is 2.43. The fourth-order valence-electron chi connectivity index (χ4n) is 5.23. The second-order valence-electron chi connectivity index (χ2n) is 9.27. The molecule has 4 heterocycles. The predicted molar refractivity (Wildman–Crippen MR) is 120 cm³/mol. The number of hydrazine groups is 1. The molecular weight excluding hydrogens is 406 g/mol. The lowest BCUT2D eigenvalue weighted by Crippen LogP contribution is -2.53. The van der Waals surface area contributed by atoms with Crippen molar-refractivity contribution in [1.82, 2.24) is 30.8 Å². The van der Waals surface area contributed by atoms with Gasteiger partial charge >= 0.3 is 0 Å². The molecule has 0 aromatic carbocycles. The summed E-state index contributed by atoms with van der Waals surface area (Å²) in [5, 5.41) is 21.0. The molecule has 1 amide bonds. The van der Waals surface area contributed by atoms with Gasteiger partial charge in [0, 0.05) is 37.4 Å². The summed E-state index contributed by atoms with van der Waals surface area (Å²) in [5.74, 6) is 2.05. The number of fused-ring (bicyclic) bond motifs is 1. The first-order valence-electron chi connectivity index (χ1n) is 11.4. The third-order valence-electron chi connectivity index (χ3n) is 6.96. The maximum atomic E-state index is 11.7. The van der Waals surface area contributed by atoms with E-state index in [-0.39, 0.29) is 23.8 Å². The van der Waals surface area contributed by atoms with Gasteiger partial charge in [-0.25, -0.2) is 4.99 Å².